The fraction of sp³-hybridized carbons (Fsp3) is 0.556. The highest BCUT2D eigenvalue weighted by molar-refractivity contribution is 5.87. The van der Waals surface area contributed by atoms with Gasteiger partial charge in [-0.25, -0.2) is 4.79 Å². The third kappa shape index (κ3) is 0.988. The average Bonchev–Trinajstić information content (AvgIpc) is 2.76. The van der Waals surface area contributed by atoms with E-state index in [1.54, 1.807) is 0 Å². The van der Waals surface area contributed by atoms with Gasteiger partial charge in [-0.2, -0.15) is 5.10 Å². The molecule has 1 aliphatic carbocycles. The fourth-order valence-electron chi connectivity index (χ4n) is 1.98. The molecule has 2 heterocycles. The number of nitrogens with one attached hydrogen (secondary N) is 1. The number of rotatable bonds is 2. The Balaban J connectivity index is 2.13. The predicted molar refractivity (Wildman–Crippen MR) is 48.0 cm³/mol. The summed E-state index contributed by atoms with van der Waals surface area (Å²) < 4.78 is 1.90. The number of carboxylic acid groups (broad SMARTS) is 1. The Morgan fingerprint density at radius 2 is 2.29 bits per heavy atom. The smallest absolute Gasteiger partial charge is 0.356 e. The number of aromatic carboxylic acids is 1. The quantitative estimate of drug-likeness (QED) is 0.718. The highest BCUT2D eigenvalue weighted by Crippen LogP contribution is 2.37. The van der Waals surface area contributed by atoms with E-state index in [-0.39, 0.29) is 5.69 Å². The minimum Gasteiger partial charge on any atom is -0.476 e. The van der Waals surface area contributed by atoms with Gasteiger partial charge in [-0.1, -0.05) is 0 Å². The van der Waals surface area contributed by atoms with E-state index in [9.17, 15) is 4.79 Å². The van der Waals surface area contributed by atoms with E-state index >= 15 is 0 Å². The first-order chi connectivity index (χ1) is 6.77. The van der Waals surface area contributed by atoms with Crippen LogP contribution in [0.3, 0.4) is 0 Å². The molecule has 1 aromatic rings. The summed E-state index contributed by atoms with van der Waals surface area (Å²) in [6.07, 6.45) is 2.26. The number of hydrogen-bond donors (Lipinski definition) is 2. The van der Waals surface area contributed by atoms with E-state index < -0.39 is 5.97 Å². The van der Waals surface area contributed by atoms with E-state index in [4.69, 9.17) is 5.11 Å². The molecule has 0 spiro atoms. The molecule has 1 aromatic heterocycles. The molecule has 1 fully saturated rings. The summed E-state index contributed by atoms with van der Waals surface area (Å²) >= 11 is 0. The summed E-state index contributed by atoms with van der Waals surface area (Å²) in [6, 6.07) is 0.455. The number of hydrogen-bond acceptors (Lipinski definition) is 3. The van der Waals surface area contributed by atoms with Gasteiger partial charge in [0.25, 0.3) is 0 Å². The standard InChI is InChI=1S/C9H11N3O2/c13-9(14)8-6-3-10-4-7(6)12(11-8)5-1-2-5/h5,10H,1-4H2,(H,13,14). The zero-order valence-electron chi connectivity index (χ0n) is 7.66. The van der Waals surface area contributed by atoms with Crippen LogP contribution in [0.2, 0.25) is 0 Å². The molecule has 0 radical (unpaired) electrons. The zero-order valence-corrected chi connectivity index (χ0v) is 7.66. The van der Waals surface area contributed by atoms with Gasteiger partial charge in [-0.3, -0.25) is 4.68 Å². The van der Waals surface area contributed by atoms with Crippen molar-refractivity contribution in [1.82, 2.24) is 15.1 Å². The molecule has 2 N–H and O–H groups in total. The molecule has 2 aliphatic rings. The lowest BCUT2D eigenvalue weighted by atomic mass is 10.2. The molecule has 0 unspecified atom stereocenters. The van der Waals surface area contributed by atoms with Crippen LogP contribution in [-0.4, -0.2) is 20.9 Å². The van der Waals surface area contributed by atoms with Crippen LogP contribution in [0.1, 0.15) is 40.6 Å². The van der Waals surface area contributed by atoms with Crippen LogP contribution in [0, 0.1) is 0 Å². The van der Waals surface area contributed by atoms with Crippen molar-refractivity contribution in [3.63, 3.8) is 0 Å². The number of nitrogens with zero attached hydrogens (tertiary/aromatic N) is 2. The normalized spacial score (nSPS) is 19.7. The molecule has 1 aliphatic heterocycles. The maximum Gasteiger partial charge on any atom is 0.356 e. The minimum atomic E-state index is -0.913. The van der Waals surface area contributed by atoms with E-state index in [0.717, 1.165) is 30.6 Å². The Morgan fingerprint density at radius 1 is 1.50 bits per heavy atom. The van der Waals surface area contributed by atoms with Gasteiger partial charge in [0, 0.05) is 18.7 Å². The van der Waals surface area contributed by atoms with Crippen LogP contribution in [0.15, 0.2) is 0 Å². The maximum absolute atomic E-state index is 10.9. The van der Waals surface area contributed by atoms with E-state index in [1.165, 1.54) is 0 Å². The predicted octanol–water partition coefficient (Wildman–Crippen LogP) is 0.519. The first-order valence-electron chi connectivity index (χ1n) is 4.81. The molecule has 14 heavy (non-hydrogen) atoms. The third-order valence-electron chi connectivity index (χ3n) is 2.81. The van der Waals surface area contributed by atoms with E-state index in [0.29, 0.717) is 12.6 Å². The van der Waals surface area contributed by atoms with Gasteiger partial charge in [0.05, 0.1) is 11.7 Å². The Kier molecular flexibility index (Phi) is 1.47. The summed E-state index contributed by atoms with van der Waals surface area (Å²) in [5, 5.41) is 16.3. The second kappa shape index (κ2) is 2.57. The average molecular weight is 193 g/mol. The molecule has 0 aromatic carbocycles. The van der Waals surface area contributed by atoms with Gasteiger partial charge in [0.1, 0.15) is 0 Å². The van der Waals surface area contributed by atoms with Gasteiger partial charge in [-0.05, 0) is 12.8 Å². The molecule has 0 saturated heterocycles. The second-order valence-electron chi connectivity index (χ2n) is 3.86. The van der Waals surface area contributed by atoms with Crippen LogP contribution in [-0.2, 0) is 13.1 Å². The summed E-state index contributed by atoms with van der Waals surface area (Å²) in [6.45, 7) is 1.40. The third-order valence-corrected chi connectivity index (χ3v) is 2.81. The molecule has 3 rings (SSSR count). The van der Waals surface area contributed by atoms with Crippen molar-refractivity contribution < 1.29 is 9.90 Å². The topological polar surface area (TPSA) is 67.1 Å². The molecule has 0 atom stereocenters. The molecule has 74 valence electrons. The summed E-state index contributed by atoms with van der Waals surface area (Å²) in [5.41, 5.74) is 2.19. The van der Waals surface area contributed by atoms with Gasteiger partial charge in [-0.15, -0.1) is 0 Å². The van der Waals surface area contributed by atoms with Crippen molar-refractivity contribution >= 4 is 5.97 Å². The summed E-state index contributed by atoms with van der Waals surface area (Å²) in [4.78, 5) is 10.9. The molecular weight excluding hydrogens is 182 g/mol. The number of fused-ring (bicyclic) bond motifs is 1. The van der Waals surface area contributed by atoms with Crippen molar-refractivity contribution in [3.8, 4) is 0 Å². The Bertz CT molecular complexity index is 406. The monoisotopic (exact) mass is 193 g/mol. The van der Waals surface area contributed by atoms with E-state index in [1.807, 2.05) is 4.68 Å². The van der Waals surface area contributed by atoms with Crippen LogP contribution < -0.4 is 5.32 Å². The zero-order chi connectivity index (χ0) is 9.71. The molecule has 1 saturated carbocycles. The van der Waals surface area contributed by atoms with Crippen LogP contribution >= 0.6 is 0 Å². The molecule has 0 bridgehead atoms. The van der Waals surface area contributed by atoms with Gasteiger partial charge < -0.3 is 10.4 Å². The van der Waals surface area contributed by atoms with E-state index in [2.05, 4.69) is 10.4 Å². The molecule has 0 amide bonds. The Labute approximate surface area is 80.7 Å². The van der Waals surface area contributed by atoms with Gasteiger partial charge in [0.15, 0.2) is 5.69 Å². The first-order valence-corrected chi connectivity index (χ1v) is 4.81. The van der Waals surface area contributed by atoms with Crippen LogP contribution in [0.5, 0.6) is 0 Å². The summed E-state index contributed by atoms with van der Waals surface area (Å²) in [5.74, 6) is -0.913. The maximum atomic E-state index is 10.9. The van der Waals surface area contributed by atoms with Gasteiger partial charge in [0.2, 0.25) is 0 Å². The lowest BCUT2D eigenvalue weighted by Gasteiger charge is -2.01. The first kappa shape index (κ1) is 7.99. The van der Waals surface area contributed by atoms with Crippen molar-refractivity contribution in [1.29, 1.82) is 0 Å². The molecule has 5 nitrogen and oxygen atoms in total. The highest BCUT2D eigenvalue weighted by Gasteiger charge is 2.33. The lowest BCUT2D eigenvalue weighted by Crippen LogP contribution is -2.10. The van der Waals surface area contributed by atoms with Gasteiger partial charge >= 0.3 is 5.97 Å². The van der Waals surface area contributed by atoms with Crippen molar-refractivity contribution in [2.75, 3.05) is 0 Å². The number of aromatic nitrogens is 2. The highest BCUT2D eigenvalue weighted by atomic mass is 16.4. The van der Waals surface area contributed by atoms with Crippen molar-refractivity contribution in [3.05, 3.63) is 17.0 Å². The molecule has 5 heteroatoms. The van der Waals surface area contributed by atoms with Crippen molar-refractivity contribution in [2.24, 2.45) is 0 Å². The lowest BCUT2D eigenvalue weighted by molar-refractivity contribution is 0.0688. The minimum absolute atomic E-state index is 0.233. The number of carboxylic acids is 1. The summed E-state index contributed by atoms with van der Waals surface area (Å²) in [7, 11) is 0. The largest absolute Gasteiger partial charge is 0.476 e. The number of carbonyl (C=O) groups is 1. The van der Waals surface area contributed by atoms with Crippen molar-refractivity contribution in [2.45, 2.75) is 32.0 Å². The SMILES string of the molecule is O=C(O)c1nn(C2CC2)c2c1CNC2. The van der Waals surface area contributed by atoms with Crippen LogP contribution in [0.4, 0.5) is 0 Å². The Hall–Kier alpha value is -1.36. The second-order valence-corrected chi connectivity index (χ2v) is 3.86. The molecular formula is C9H11N3O2. The fourth-order valence-corrected chi connectivity index (χ4v) is 1.98. The Morgan fingerprint density at radius 3 is 2.93 bits per heavy atom. The van der Waals surface area contributed by atoms with Crippen LogP contribution in [0.25, 0.3) is 0 Å².